The summed E-state index contributed by atoms with van der Waals surface area (Å²) in [5.74, 6) is -1.49. The van der Waals surface area contributed by atoms with Crippen LogP contribution < -0.4 is 19.6 Å². The average molecular weight is 768 g/mol. The Morgan fingerprint density at radius 3 is 2.35 bits per heavy atom. The van der Waals surface area contributed by atoms with Gasteiger partial charge in [-0.05, 0) is 76.0 Å². The van der Waals surface area contributed by atoms with E-state index in [1.165, 1.54) is 67.6 Å². The van der Waals surface area contributed by atoms with Crippen LogP contribution in [0.4, 0.5) is 24.5 Å². The number of hydrogen-bond donors (Lipinski definition) is 0. The first-order valence-corrected chi connectivity index (χ1v) is 15.6. The minimum absolute atomic E-state index is 0.112. The molecule has 0 saturated heterocycles. The third-order valence-electron chi connectivity index (χ3n) is 6.85. The van der Waals surface area contributed by atoms with Gasteiger partial charge in [0.15, 0.2) is 10.5 Å². The SMILES string of the molecule is CCOC(=O)C1=C(C(F)(F)F)N=c2s/c(=C\c3cc(Br)c(OCc4ccc([N+](=O)[O-])cc4)c([N+](=O)[O-])c3)c(=O)n2[C@@H]1c1ccc(Cl)cc1. The number of ether oxygens (including phenoxy) is 2. The fourth-order valence-corrected chi connectivity index (χ4v) is 6.49. The van der Waals surface area contributed by atoms with Crippen LogP contribution in [0.15, 0.2) is 86.2 Å². The van der Waals surface area contributed by atoms with Gasteiger partial charge in [0.05, 0.1) is 37.1 Å². The van der Waals surface area contributed by atoms with E-state index in [9.17, 15) is 43.0 Å². The van der Waals surface area contributed by atoms with E-state index < -0.39 is 50.6 Å². The molecule has 0 amide bonds. The number of carbonyl (C=O) groups is 1. The van der Waals surface area contributed by atoms with Crippen molar-refractivity contribution in [2.24, 2.45) is 4.99 Å². The van der Waals surface area contributed by atoms with Gasteiger partial charge in [-0.15, -0.1) is 0 Å². The number of non-ortho nitro benzene ring substituents is 1. The summed E-state index contributed by atoms with van der Waals surface area (Å²) in [5.41, 5.74) is -3.16. The lowest BCUT2D eigenvalue weighted by Gasteiger charge is -2.26. The Morgan fingerprint density at radius 2 is 1.77 bits per heavy atom. The maximum Gasteiger partial charge on any atom is 0.434 e. The van der Waals surface area contributed by atoms with Crippen LogP contribution in [-0.2, 0) is 16.1 Å². The van der Waals surface area contributed by atoms with Gasteiger partial charge >= 0.3 is 17.8 Å². The quantitative estimate of drug-likeness (QED) is 0.112. The molecule has 0 fully saturated rings. The number of nitro benzene ring substituents is 2. The summed E-state index contributed by atoms with van der Waals surface area (Å²) in [5, 5.41) is 23.2. The van der Waals surface area contributed by atoms with Crippen LogP contribution >= 0.6 is 38.9 Å². The van der Waals surface area contributed by atoms with Crippen molar-refractivity contribution in [2.45, 2.75) is 25.7 Å². The lowest BCUT2D eigenvalue weighted by molar-refractivity contribution is -0.386. The number of halogens is 5. The molecule has 12 nitrogen and oxygen atoms in total. The zero-order chi connectivity index (χ0) is 34.9. The summed E-state index contributed by atoms with van der Waals surface area (Å²) in [4.78, 5) is 51.7. The van der Waals surface area contributed by atoms with E-state index >= 15 is 0 Å². The second-order valence-corrected chi connectivity index (χ2v) is 12.2. The molecule has 1 atom stereocenters. The Morgan fingerprint density at radius 1 is 1.10 bits per heavy atom. The third kappa shape index (κ3) is 7.02. The molecule has 2 heterocycles. The summed E-state index contributed by atoms with van der Waals surface area (Å²) < 4.78 is 54.5. The first-order valence-electron chi connectivity index (χ1n) is 13.6. The van der Waals surface area contributed by atoms with Crippen LogP contribution in [0.25, 0.3) is 6.08 Å². The number of hydrogen-bond acceptors (Lipinski definition) is 10. The number of thiazole rings is 1. The number of carbonyl (C=O) groups excluding carboxylic acids is 1. The molecule has 0 N–H and O–H groups in total. The summed E-state index contributed by atoms with van der Waals surface area (Å²) >= 11 is 9.83. The number of rotatable bonds is 9. The number of fused-ring (bicyclic) bond motifs is 1. The molecule has 0 radical (unpaired) electrons. The van der Waals surface area contributed by atoms with Crippen LogP contribution in [0, 0.1) is 20.2 Å². The molecule has 4 aromatic rings. The van der Waals surface area contributed by atoms with Crippen molar-refractivity contribution in [1.82, 2.24) is 4.57 Å². The fraction of sp³-hybridized carbons (Fsp3) is 0.167. The molecule has 18 heteroatoms. The highest BCUT2D eigenvalue weighted by Gasteiger charge is 2.45. The van der Waals surface area contributed by atoms with E-state index in [0.29, 0.717) is 16.9 Å². The third-order valence-corrected chi connectivity index (χ3v) is 8.68. The first-order chi connectivity index (χ1) is 22.7. The predicted octanol–water partition coefficient (Wildman–Crippen LogP) is 6.15. The van der Waals surface area contributed by atoms with Crippen molar-refractivity contribution in [1.29, 1.82) is 0 Å². The van der Waals surface area contributed by atoms with E-state index in [1.807, 2.05) is 0 Å². The molecule has 0 aliphatic carbocycles. The highest BCUT2D eigenvalue weighted by Crippen LogP contribution is 2.39. The normalized spacial score (nSPS) is 14.7. The summed E-state index contributed by atoms with van der Waals surface area (Å²) in [6, 6.07) is 11.8. The van der Waals surface area contributed by atoms with E-state index in [-0.39, 0.29) is 54.6 Å². The highest BCUT2D eigenvalue weighted by atomic mass is 79.9. The van der Waals surface area contributed by atoms with Crippen molar-refractivity contribution in [2.75, 3.05) is 6.61 Å². The maximum atomic E-state index is 14.3. The standard InChI is InChI=1S/C30H19BrClF3N4O8S/c1-2-46-28(41)23-24(17-5-7-18(32)8-6-17)37-27(40)22(48-29(37)36-26(23)30(33,34)35)13-16-11-20(31)25(21(12-16)39(44)45)47-14-15-3-9-19(10-4-15)38(42)43/h3-13,24H,2,14H2,1H3/b22-13-/t24-/m1/s1. The molecule has 0 bridgehead atoms. The molecule has 1 aliphatic rings. The Hall–Kier alpha value is -4.87. The molecular weight excluding hydrogens is 749 g/mol. The number of nitro groups is 2. The number of nitrogens with zero attached hydrogens (tertiary/aromatic N) is 4. The van der Waals surface area contributed by atoms with Gasteiger partial charge in [-0.3, -0.25) is 29.6 Å². The number of aromatic nitrogens is 1. The van der Waals surface area contributed by atoms with Gasteiger partial charge in [0.1, 0.15) is 6.61 Å². The van der Waals surface area contributed by atoms with Crippen LogP contribution in [0.2, 0.25) is 5.02 Å². The number of benzene rings is 3. The van der Waals surface area contributed by atoms with Gasteiger partial charge in [-0.1, -0.05) is 35.1 Å². The zero-order valence-corrected chi connectivity index (χ0v) is 27.4. The van der Waals surface area contributed by atoms with Crippen molar-refractivity contribution in [3.8, 4) is 5.75 Å². The molecule has 48 heavy (non-hydrogen) atoms. The second-order valence-electron chi connectivity index (χ2n) is 9.94. The van der Waals surface area contributed by atoms with Gasteiger partial charge in [-0.25, -0.2) is 9.79 Å². The van der Waals surface area contributed by atoms with Gasteiger partial charge in [0.25, 0.3) is 11.2 Å². The monoisotopic (exact) mass is 766 g/mol. The molecule has 1 aliphatic heterocycles. The Kier molecular flexibility index (Phi) is 9.84. The Bertz CT molecular complexity index is 2170. The lowest BCUT2D eigenvalue weighted by Crippen LogP contribution is -2.41. The van der Waals surface area contributed by atoms with Crippen molar-refractivity contribution < 1.29 is 37.3 Å². The lowest BCUT2D eigenvalue weighted by atomic mass is 9.95. The van der Waals surface area contributed by atoms with Crippen LogP contribution in [0.3, 0.4) is 0 Å². The van der Waals surface area contributed by atoms with E-state index in [4.69, 9.17) is 21.1 Å². The van der Waals surface area contributed by atoms with Crippen molar-refractivity contribution in [3.05, 3.63) is 138 Å². The molecular formula is C30H19BrClF3N4O8S. The number of alkyl halides is 3. The van der Waals surface area contributed by atoms with Crippen LogP contribution in [0.1, 0.15) is 29.7 Å². The van der Waals surface area contributed by atoms with Gasteiger partial charge in [-0.2, -0.15) is 13.2 Å². The predicted molar refractivity (Wildman–Crippen MR) is 170 cm³/mol. The molecule has 3 aromatic carbocycles. The van der Waals surface area contributed by atoms with Crippen molar-refractivity contribution in [3.63, 3.8) is 0 Å². The zero-order valence-electron chi connectivity index (χ0n) is 24.2. The second kappa shape index (κ2) is 13.7. The Labute approximate surface area is 284 Å². The highest BCUT2D eigenvalue weighted by molar-refractivity contribution is 9.10. The van der Waals surface area contributed by atoms with Gasteiger partial charge in [0.2, 0.25) is 5.75 Å². The summed E-state index contributed by atoms with van der Waals surface area (Å²) in [6.45, 7) is 0.998. The van der Waals surface area contributed by atoms with Crippen LogP contribution in [0.5, 0.6) is 5.75 Å². The van der Waals surface area contributed by atoms with Gasteiger partial charge < -0.3 is 9.47 Å². The molecule has 0 unspecified atom stereocenters. The van der Waals surface area contributed by atoms with Gasteiger partial charge in [0, 0.05) is 23.2 Å². The molecule has 0 saturated carbocycles. The van der Waals surface area contributed by atoms with E-state index in [2.05, 4.69) is 20.9 Å². The number of esters is 1. The summed E-state index contributed by atoms with van der Waals surface area (Å²) in [6.07, 6.45) is -3.86. The van der Waals surface area contributed by atoms with E-state index in [1.54, 1.807) is 0 Å². The molecule has 1 aromatic heterocycles. The van der Waals surface area contributed by atoms with E-state index in [0.717, 1.165) is 10.6 Å². The largest absolute Gasteiger partial charge is 0.481 e. The molecule has 5 rings (SSSR count). The topological polar surface area (TPSA) is 156 Å². The number of allylic oxidation sites excluding steroid dienone is 1. The molecule has 248 valence electrons. The van der Waals surface area contributed by atoms with Crippen molar-refractivity contribution >= 4 is 62.3 Å². The Balaban J connectivity index is 1.62. The minimum atomic E-state index is -5.10. The average Bonchev–Trinajstić information content (AvgIpc) is 3.33. The molecule has 0 spiro atoms. The smallest absolute Gasteiger partial charge is 0.434 e. The first kappa shape index (κ1) is 34.5. The van der Waals surface area contributed by atoms with Crippen LogP contribution in [-0.4, -0.2) is 33.2 Å². The fourth-order valence-electron chi connectivity index (χ4n) is 4.78. The minimum Gasteiger partial charge on any atom is -0.481 e. The maximum absolute atomic E-state index is 14.3. The summed E-state index contributed by atoms with van der Waals surface area (Å²) in [7, 11) is 0.